The number of rotatable bonds is 15. The zero-order chi connectivity index (χ0) is 36.2. The fraction of sp³-hybridized carbons (Fsp3) is 0.395. The number of nitrogens with zero attached hydrogens (tertiary/aromatic N) is 9. The third kappa shape index (κ3) is 7.01. The normalized spacial score (nSPS) is 13.0. The molecule has 52 heavy (non-hydrogen) atoms. The van der Waals surface area contributed by atoms with E-state index in [0.717, 1.165) is 58.1 Å². The first-order valence-electron chi connectivity index (χ1n) is 19.0. The molecule has 3 aromatic carbocycles. The van der Waals surface area contributed by atoms with Crippen molar-refractivity contribution in [3.8, 4) is 45.3 Å². The van der Waals surface area contributed by atoms with Gasteiger partial charge in [-0.3, -0.25) is 0 Å². The number of unbranched alkanes of at least 4 members (excludes halogenated alkanes) is 6. The van der Waals surface area contributed by atoms with Crippen LogP contribution in [-0.2, 0) is 5.41 Å². The first-order chi connectivity index (χ1) is 25.3. The summed E-state index contributed by atoms with van der Waals surface area (Å²) in [4.78, 5) is 11.3. The van der Waals surface area contributed by atoms with E-state index in [-0.39, 0.29) is 5.41 Å². The third-order valence-electron chi connectivity index (χ3n) is 10.7. The molecule has 7 rings (SSSR count). The van der Waals surface area contributed by atoms with E-state index in [1.807, 2.05) is 30.8 Å². The number of hydrogen-bond donors (Lipinski definition) is 0. The van der Waals surface area contributed by atoms with Crippen LogP contribution in [0, 0.1) is 13.8 Å². The molecule has 3 heterocycles. The zero-order valence-corrected chi connectivity index (χ0v) is 31.6. The van der Waals surface area contributed by atoms with Crippen molar-refractivity contribution in [3.05, 3.63) is 102 Å². The van der Waals surface area contributed by atoms with E-state index in [9.17, 15) is 0 Å². The van der Waals surface area contributed by atoms with Gasteiger partial charge in [-0.1, -0.05) is 99.9 Å². The van der Waals surface area contributed by atoms with E-state index in [1.165, 1.54) is 73.6 Å². The largest absolute Gasteiger partial charge is 0.378 e. The van der Waals surface area contributed by atoms with Gasteiger partial charge in [0.15, 0.2) is 0 Å². The average Bonchev–Trinajstić information content (AvgIpc) is 3.90. The van der Waals surface area contributed by atoms with E-state index < -0.39 is 0 Å². The summed E-state index contributed by atoms with van der Waals surface area (Å²) in [5, 5.41) is 18.3. The molecule has 0 N–H and O–H groups in total. The van der Waals surface area contributed by atoms with Crippen molar-refractivity contribution >= 4 is 5.69 Å². The van der Waals surface area contributed by atoms with Crippen molar-refractivity contribution in [2.45, 2.75) is 97.3 Å². The van der Waals surface area contributed by atoms with Crippen LogP contribution in [-0.4, -0.2) is 54.1 Å². The molecular weight excluding hydrogens is 643 g/mol. The third-order valence-corrected chi connectivity index (χ3v) is 10.7. The Bertz CT molecular complexity index is 2110. The van der Waals surface area contributed by atoms with Crippen LogP contribution in [0.25, 0.3) is 45.3 Å². The number of fused-ring (bicyclic) bond motifs is 3. The van der Waals surface area contributed by atoms with Crippen LogP contribution < -0.4 is 4.90 Å². The first-order valence-corrected chi connectivity index (χ1v) is 19.0. The topological polar surface area (TPSA) is 90.4 Å². The van der Waals surface area contributed by atoms with Gasteiger partial charge in [0.1, 0.15) is 11.4 Å². The number of benzene rings is 3. The minimum atomic E-state index is -0.108. The Balaban J connectivity index is 1.29. The van der Waals surface area contributed by atoms with E-state index >= 15 is 0 Å². The van der Waals surface area contributed by atoms with Crippen LogP contribution in [0.4, 0.5) is 5.69 Å². The standard InChI is InChI=1S/C43H51N9/c1-7-9-11-13-23-43(24-14-12-10-8-2)38-26-32(40-28-51(48-46-40)35-19-17-34(18-20-35)50(5)6)15-21-36(38)37-22-16-33(27-39(37)43)41-29-52(49-47-41)42-44-30(3)25-31(4)45-42/h15-22,25-29H,7-14,23-24H2,1-6H3. The smallest absolute Gasteiger partial charge is 0.252 e. The lowest BCUT2D eigenvalue weighted by Gasteiger charge is -2.33. The molecule has 6 aromatic rings. The number of anilines is 1. The Hall–Kier alpha value is -5.18. The second-order valence-electron chi connectivity index (χ2n) is 14.7. The van der Waals surface area contributed by atoms with E-state index in [4.69, 9.17) is 0 Å². The molecule has 0 radical (unpaired) electrons. The highest BCUT2D eigenvalue weighted by Crippen LogP contribution is 2.55. The number of hydrogen-bond acceptors (Lipinski definition) is 7. The van der Waals surface area contributed by atoms with Crippen LogP contribution in [0.3, 0.4) is 0 Å². The molecule has 0 unspecified atom stereocenters. The lowest BCUT2D eigenvalue weighted by molar-refractivity contribution is 0.401. The maximum absolute atomic E-state index is 4.68. The lowest BCUT2D eigenvalue weighted by atomic mass is 9.70. The van der Waals surface area contributed by atoms with Crippen LogP contribution >= 0.6 is 0 Å². The molecule has 9 heteroatoms. The SMILES string of the molecule is CCCCCCC1(CCCCCC)c2cc(-c3cn(-c4ccc(N(C)C)cc4)nn3)ccc2-c2ccc(-c3cn(-c4nc(C)cc(C)n4)nn3)cc21. The van der Waals surface area contributed by atoms with Crippen molar-refractivity contribution in [3.63, 3.8) is 0 Å². The highest BCUT2D eigenvalue weighted by molar-refractivity contribution is 5.85. The summed E-state index contributed by atoms with van der Waals surface area (Å²) in [6.07, 6.45) is 16.0. The lowest BCUT2D eigenvalue weighted by Crippen LogP contribution is -2.25. The molecule has 0 atom stereocenters. The van der Waals surface area contributed by atoms with Gasteiger partial charge in [0.25, 0.3) is 5.95 Å². The van der Waals surface area contributed by atoms with Crippen molar-refractivity contribution in [2.75, 3.05) is 19.0 Å². The fourth-order valence-corrected chi connectivity index (χ4v) is 7.91. The molecule has 0 bridgehead atoms. The fourth-order valence-electron chi connectivity index (χ4n) is 7.91. The minimum absolute atomic E-state index is 0.108. The molecule has 268 valence electrons. The van der Waals surface area contributed by atoms with Crippen molar-refractivity contribution in [2.24, 2.45) is 0 Å². The Morgan fingerprint density at radius 2 is 1.12 bits per heavy atom. The maximum Gasteiger partial charge on any atom is 0.252 e. The van der Waals surface area contributed by atoms with Crippen molar-refractivity contribution < 1.29 is 0 Å². The van der Waals surface area contributed by atoms with Gasteiger partial charge in [0.05, 0.1) is 18.1 Å². The van der Waals surface area contributed by atoms with Gasteiger partial charge in [-0.05, 0) is 91.4 Å². The van der Waals surface area contributed by atoms with E-state index in [2.05, 4.69) is 130 Å². The van der Waals surface area contributed by atoms with Gasteiger partial charge in [-0.15, -0.1) is 10.2 Å². The Morgan fingerprint density at radius 1 is 0.596 bits per heavy atom. The highest BCUT2D eigenvalue weighted by Gasteiger charge is 2.42. The molecule has 9 nitrogen and oxygen atoms in total. The molecule has 1 aliphatic carbocycles. The predicted molar refractivity (Wildman–Crippen MR) is 210 cm³/mol. The summed E-state index contributed by atoms with van der Waals surface area (Å²) in [5.41, 5.74) is 13.2. The van der Waals surface area contributed by atoms with Gasteiger partial charge >= 0.3 is 0 Å². The van der Waals surface area contributed by atoms with Gasteiger partial charge < -0.3 is 4.90 Å². The predicted octanol–water partition coefficient (Wildman–Crippen LogP) is 9.86. The summed E-state index contributed by atoms with van der Waals surface area (Å²) in [6, 6.07) is 24.3. The van der Waals surface area contributed by atoms with Gasteiger partial charge in [0, 0.05) is 47.7 Å². The summed E-state index contributed by atoms with van der Waals surface area (Å²) in [7, 11) is 4.10. The summed E-state index contributed by atoms with van der Waals surface area (Å²) >= 11 is 0. The first kappa shape index (κ1) is 35.2. The molecule has 0 spiro atoms. The Labute approximate surface area is 308 Å². The number of aryl methyl sites for hydroxylation is 2. The molecule has 1 aliphatic rings. The van der Waals surface area contributed by atoms with Crippen molar-refractivity contribution in [1.82, 2.24) is 40.0 Å². The quantitative estimate of drug-likeness (QED) is 0.0989. The van der Waals surface area contributed by atoms with Gasteiger partial charge in [-0.2, -0.15) is 4.68 Å². The summed E-state index contributed by atoms with van der Waals surface area (Å²) in [6.45, 7) is 8.54. The van der Waals surface area contributed by atoms with E-state index in [0.29, 0.717) is 5.95 Å². The van der Waals surface area contributed by atoms with E-state index in [1.54, 1.807) is 4.68 Å². The van der Waals surface area contributed by atoms with Crippen molar-refractivity contribution in [1.29, 1.82) is 0 Å². The van der Waals surface area contributed by atoms with Gasteiger partial charge in [-0.25, -0.2) is 14.6 Å². The average molecular weight is 694 g/mol. The minimum Gasteiger partial charge on any atom is -0.378 e. The Morgan fingerprint density at radius 3 is 1.63 bits per heavy atom. The zero-order valence-electron chi connectivity index (χ0n) is 31.6. The summed E-state index contributed by atoms with van der Waals surface area (Å²) in [5.74, 6) is 0.543. The second kappa shape index (κ2) is 15.2. The van der Waals surface area contributed by atoms with Crippen LogP contribution in [0.15, 0.2) is 79.1 Å². The van der Waals surface area contributed by atoms with Gasteiger partial charge in [0.2, 0.25) is 0 Å². The molecule has 0 saturated carbocycles. The monoisotopic (exact) mass is 693 g/mol. The molecular formula is C43H51N9. The number of aromatic nitrogens is 8. The molecule has 0 saturated heterocycles. The molecule has 0 amide bonds. The molecule has 0 fully saturated rings. The molecule has 3 aromatic heterocycles. The van der Waals surface area contributed by atoms with Crippen LogP contribution in [0.5, 0.6) is 0 Å². The van der Waals surface area contributed by atoms with Crippen LogP contribution in [0.1, 0.15) is 101 Å². The second-order valence-corrected chi connectivity index (χ2v) is 14.7. The highest BCUT2D eigenvalue weighted by atomic mass is 15.5. The Kier molecular flexibility index (Phi) is 10.3. The van der Waals surface area contributed by atoms with Crippen LogP contribution in [0.2, 0.25) is 0 Å². The summed E-state index contributed by atoms with van der Waals surface area (Å²) < 4.78 is 3.57. The molecule has 0 aliphatic heterocycles. The maximum atomic E-state index is 4.68.